The Labute approximate surface area is 281 Å². The first-order valence-corrected chi connectivity index (χ1v) is 19.1. The molecule has 3 aromatic rings. The Morgan fingerprint density at radius 3 is 1.12 bits per heavy atom. The number of rotatable bonds is 22. The third kappa shape index (κ3) is 12.0. The van der Waals surface area contributed by atoms with Crippen LogP contribution in [0.2, 0.25) is 0 Å². The van der Waals surface area contributed by atoms with Crippen molar-refractivity contribution in [3.8, 4) is 0 Å². The molecule has 0 unspecified atom stereocenters. The van der Waals surface area contributed by atoms with Crippen LogP contribution in [0.25, 0.3) is 0 Å². The maximum Gasteiger partial charge on any atom is 0.195 e. The number of halogens is 2. The van der Waals surface area contributed by atoms with E-state index in [-0.39, 0.29) is 11.6 Å². The van der Waals surface area contributed by atoms with Gasteiger partial charge in [0.1, 0.15) is 0 Å². The lowest BCUT2D eigenvalue weighted by molar-refractivity contribution is 0.100. The molecule has 0 spiro atoms. The molecule has 0 aliphatic rings. The molecule has 5 heteroatoms. The molecule has 0 bridgehead atoms. The van der Waals surface area contributed by atoms with Gasteiger partial charge < -0.3 is 0 Å². The molecule has 0 aliphatic heterocycles. The largest absolute Gasteiger partial charge is 0.289 e. The molecular weight excluding hydrogens is 680 g/mol. The second-order valence-corrected chi connectivity index (χ2v) is 15.6. The number of carbonyl (C=O) groups excluding carboxylic acids is 2. The van der Waals surface area contributed by atoms with E-state index in [0.29, 0.717) is 29.8 Å². The minimum absolute atomic E-state index is 0.123. The zero-order valence-corrected chi connectivity index (χ0v) is 30.3. The maximum atomic E-state index is 13.7. The van der Waals surface area contributed by atoms with E-state index < -0.39 is 0 Å². The molecule has 0 amide bonds. The van der Waals surface area contributed by atoms with Crippen LogP contribution in [0, 0.1) is 0 Å². The van der Waals surface area contributed by atoms with Gasteiger partial charge in [-0.25, -0.2) is 0 Å². The second-order valence-electron chi connectivity index (χ2n) is 11.9. The predicted octanol–water partition coefficient (Wildman–Crippen LogP) is 13.1. The van der Waals surface area contributed by atoms with Crippen LogP contribution in [0.15, 0.2) is 56.1 Å². The third-order valence-corrected chi connectivity index (χ3v) is 10.9. The van der Waals surface area contributed by atoms with Crippen molar-refractivity contribution >= 4 is 54.8 Å². The van der Waals surface area contributed by atoms with Crippen LogP contribution in [-0.2, 0) is 12.8 Å². The molecule has 2 nitrogen and oxygen atoms in total. The van der Waals surface area contributed by atoms with Crippen LogP contribution in [0.5, 0.6) is 0 Å². The first-order valence-electron chi connectivity index (χ1n) is 16.7. The first kappa shape index (κ1) is 35.9. The second kappa shape index (κ2) is 20.5. The highest BCUT2D eigenvalue weighted by Gasteiger charge is 2.28. The fourth-order valence-corrected chi connectivity index (χ4v) is 8.77. The van der Waals surface area contributed by atoms with Crippen molar-refractivity contribution in [2.75, 3.05) is 0 Å². The van der Waals surface area contributed by atoms with Gasteiger partial charge in [0.15, 0.2) is 11.6 Å². The van der Waals surface area contributed by atoms with Crippen LogP contribution >= 0.6 is 43.2 Å². The summed E-state index contributed by atoms with van der Waals surface area (Å²) < 4.78 is 1.36. The number of hydrogen-bond donors (Lipinski definition) is 0. The molecule has 0 radical (unpaired) electrons. The fraction of sp³-hybridized carbons (Fsp3) is 0.526. The van der Waals surface area contributed by atoms with Crippen LogP contribution < -0.4 is 0 Å². The van der Waals surface area contributed by atoms with Crippen molar-refractivity contribution < 1.29 is 9.59 Å². The minimum Gasteiger partial charge on any atom is -0.289 e. The van der Waals surface area contributed by atoms with Gasteiger partial charge >= 0.3 is 0 Å². The monoisotopic (exact) mass is 728 g/mol. The van der Waals surface area contributed by atoms with Gasteiger partial charge in [0, 0.05) is 11.1 Å². The molecule has 0 fully saturated rings. The molecule has 43 heavy (non-hydrogen) atoms. The van der Waals surface area contributed by atoms with E-state index in [2.05, 4.69) is 70.0 Å². The minimum atomic E-state index is -0.123. The van der Waals surface area contributed by atoms with Crippen LogP contribution in [0.3, 0.4) is 0 Å². The molecule has 0 N–H and O–H groups in total. The number of benzene rings is 2. The average Bonchev–Trinajstić information content (AvgIpc) is 3.32. The van der Waals surface area contributed by atoms with E-state index in [9.17, 15) is 9.59 Å². The van der Waals surface area contributed by atoms with E-state index in [0.717, 1.165) is 12.8 Å². The Kier molecular flexibility index (Phi) is 17.1. The van der Waals surface area contributed by atoms with Crippen molar-refractivity contribution in [2.45, 2.75) is 129 Å². The Bertz CT molecular complexity index is 1150. The quantitative estimate of drug-likeness (QED) is 0.0762. The van der Waals surface area contributed by atoms with Crippen LogP contribution in [0.4, 0.5) is 0 Å². The van der Waals surface area contributed by atoms with Crippen LogP contribution in [-0.4, -0.2) is 11.6 Å². The zero-order valence-electron chi connectivity index (χ0n) is 26.3. The van der Waals surface area contributed by atoms with E-state index in [1.54, 1.807) is 0 Å². The van der Waals surface area contributed by atoms with Crippen LogP contribution in [0.1, 0.15) is 160 Å². The summed E-state index contributed by atoms with van der Waals surface area (Å²) in [6, 6.07) is 15.9. The SMILES string of the molecule is CCCCCCCCCCc1ccc(C(=O)c2c(Br)sc(Br)c2C(=O)c2ccc(CCCCCCCCCC)cc2)cc1. The molecular formula is C38H50Br2O2S. The molecule has 1 aromatic heterocycles. The Balaban J connectivity index is 1.54. The van der Waals surface area contributed by atoms with Gasteiger partial charge in [-0.1, -0.05) is 152 Å². The highest BCUT2D eigenvalue weighted by Crippen LogP contribution is 2.39. The van der Waals surface area contributed by atoms with Gasteiger partial charge in [-0.05, 0) is 68.7 Å². The summed E-state index contributed by atoms with van der Waals surface area (Å²) in [5.41, 5.74) is 4.63. The number of thiophene rings is 1. The summed E-state index contributed by atoms with van der Waals surface area (Å²) in [6.45, 7) is 4.51. The van der Waals surface area contributed by atoms with E-state index in [1.165, 1.54) is 125 Å². The Morgan fingerprint density at radius 1 is 0.488 bits per heavy atom. The molecule has 3 rings (SSSR count). The maximum absolute atomic E-state index is 13.7. The summed E-state index contributed by atoms with van der Waals surface area (Å²) >= 11 is 8.53. The van der Waals surface area contributed by atoms with Gasteiger partial charge in [0.05, 0.1) is 18.7 Å². The number of unbranched alkanes of at least 4 members (excludes halogenated alkanes) is 14. The molecule has 0 atom stereocenters. The Hall–Kier alpha value is -1.56. The van der Waals surface area contributed by atoms with E-state index >= 15 is 0 Å². The fourth-order valence-electron chi connectivity index (χ4n) is 5.64. The van der Waals surface area contributed by atoms with Gasteiger partial charge in [-0.3, -0.25) is 9.59 Å². The summed E-state index contributed by atoms with van der Waals surface area (Å²) in [5.74, 6) is -0.246. The van der Waals surface area contributed by atoms with Crippen molar-refractivity contribution in [1.29, 1.82) is 0 Å². The van der Waals surface area contributed by atoms with Gasteiger partial charge in [0.25, 0.3) is 0 Å². The first-order chi connectivity index (χ1) is 21.0. The third-order valence-electron chi connectivity index (χ3n) is 8.35. The van der Waals surface area contributed by atoms with Crippen molar-refractivity contribution in [3.63, 3.8) is 0 Å². The van der Waals surface area contributed by atoms with Crippen molar-refractivity contribution in [2.24, 2.45) is 0 Å². The normalized spacial score (nSPS) is 11.3. The van der Waals surface area contributed by atoms with Gasteiger partial charge in [-0.2, -0.15) is 0 Å². The number of ketones is 2. The van der Waals surface area contributed by atoms with Gasteiger partial charge in [0.2, 0.25) is 0 Å². The standard InChI is InChI=1S/C38H50Br2O2S/c1-3-5-7-9-11-13-15-17-19-29-21-25-31(26-22-29)35(41)33-34(38(40)43-37(33)39)36(42)32-27-23-30(24-28-32)20-18-16-14-12-10-8-6-4-2/h21-28H,3-20H2,1-2H3. The summed E-state index contributed by atoms with van der Waals surface area (Å²) in [6.07, 6.45) is 23.0. The lowest BCUT2D eigenvalue weighted by Crippen LogP contribution is -2.10. The lowest BCUT2D eigenvalue weighted by atomic mass is 9.95. The summed E-state index contributed by atoms with van der Waals surface area (Å²) in [7, 11) is 0. The van der Waals surface area contributed by atoms with Crippen molar-refractivity contribution in [1.82, 2.24) is 0 Å². The highest BCUT2D eigenvalue weighted by atomic mass is 79.9. The highest BCUT2D eigenvalue weighted by molar-refractivity contribution is 9.12. The zero-order chi connectivity index (χ0) is 30.9. The predicted molar refractivity (Wildman–Crippen MR) is 192 cm³/mol. The van der Waals surface area contributed by atoms with E-state index in [4.69, 9.17) is 0 Å². The van der Waals surface area contributed by atoms with E-state index in [1.807, 2.05) is 24.3 Å². The smallest absolute Gasteiger partial charge is 0.195 e. The van der Waals surface area contributed by atoms with Crippen molar-refractivity contribution in [3.05, 3.63) is 89.5 Å². The topological polar surface area (TPSA) is 34.1 Å². The summed E-state index contributed by atoms with van der Waals surface area (Å²) in [4.78, 5) is 27.3. The average molecular weight is 731 g/mol. The number of hydrogen-bond acceptors (Lipinski definition) is 3. The molecule has 2 aromatic carbocycles. The molecule has 1 heterocycles. The number of carbonyl (C=O) groups is 2. The number of aryl methyl sites for hydroxylation is 2. The molecule has 0 saturated carbocycles. The lowest BCUT2D eigenvalue weighted by Gasteiger charge is -2.08. The Morgan fingerprint density at radius 2 is 0.791 bits per heavy atom. The molecule has 234 valence electrons. The summed E-state index contributed by atoms with van der Waals surface area (Å²) in [5, 5.41) is 0. The molecule has 0 saturated heterocycles. The molecule has 0 aliphatic carbocycles. The van der Waals surface area contributed by atoms with Gasteiger partial charge in [-0.15, -0.1) is 11.3 Å².